The van der Waals surface area contributed by atoms with Crippen LogP contribution < -0.4 is 11.1 Å². The van der Waals surface area contributed by atoms with E-state index in [4.69, 9.17) is 10.8 Å². The SMILES string of the molecule is C=C(N)C(=O)N[C@@H](Cc1cccc(F)c1)C(=O)O. The molecule has 0 heterocycles. The molecule has 0 bridgehead atoms. The Bertz CT molecular complexity index is 488. The van der Waals surface area contributed by atoms with Crippen LogP contribution in [0.25, 0.3) is 0 Å². The minimum absolute atomic E-state index is 0.0356. The average molecular weight is 252 g/mol. The van der Waals surface area contributed by atoms with Crippen molar-refractivity contribution in [3.63, 3.8) is 0 Å². The zero-order valence-corrected chi connectivity index (χ0v) is 9.52. The number of rotatable bonds is 5. The zero-order valence-electron chi connectivity index (χ0n) is 9.52. The molecule has 0 saturated carbocycles. The monoisotopic (exact) mass is 252 g/mol. The molecule has 18 heavy (non-hydrogen) atoms. The Morgan fingerprint density at radius 2 is 2.17 bits per heavy atom. The van der Waals surface area contributed by atoms with Gasteiger partial charge in [0.25, 0.3) is 5.91 Å². The summed E-state index contributed by atoms with van der Waals surface area (Å²) in [5.41, 5.74) is 5.33. The molecule has 96 valence electrons. The van der Waals surface area contributed by atoms with Crippen molar-refractivity contribution in [2.75, 3.05) is 0 Å². The maximum absolute atomic E-state index is 12.9. The van der Waals surface area contributed by atoms with Crippen molar-refractivity contribution in [2.45, 2.75) is 12.5 Å². The van der Waals surface area contributed by atoms with Crippen LogP contribution >= 0.6 is 0 Å². The van der Waals surface area contributed by atoms with Gasteiger partial charge >= 0.3 is 5.97 Å². The number of aliphatic carboxylic acids is 1. The van der Waals surface area contributed by atoms with Crippen LogP contribution in [-0.2, 0) is 16.0 Å². The fraction of sp³-hybridized carbons (Fsp3) is 0.167. The van der Waals surface area contributed by atoms with Gasteiger partial charge in [0.05, 0.1) is 5.70 Å². The number of hydrogen-bond donors (Lipinski definition) is 3. The number of nitrogens with two attached hydrogens (primary N) is 1. The largest absolute Gasteiger partial charge is 0.480 e. The second-order valence-corrected chi connectivity index (χ2v) is 3.72. The number of amides is 1. The second kappa shape index (κ2) is 5.81. The van der Waals surface area contributed by atoms with Crippen molar-refractivity contribution in [1.29, 1.82) is 0 Å². The van der Waals surface area contributed by atoms with Gasteiger partial charge < -0.3 is 16.2 Å². The van der Waals surface area contributed by atoms with E-state index in [0.717, 1.165) is 0 Å². The molecule has 0 saturated heterocycles. The normalized spacial score (nSPS) is 11.6. The molecule has 0 radical (unpaired) electrons. The van der Waals surface area contributed by atoms with Gasteiger partial charge in [0.2, 0.25) is 0 Å². The van der Waals surface area contributed by atoms with Gasteiger partial charge in [-0.3, -0.25) is 4.79 Å². The topological polar surface area (TPSA) is 92.4 Å². The highest BCUT2D eigenvalue weighted by Gasteiger charge is 2.20. The first kappa shape index (κ1) is 13.7. The summed E-state index contributed by atoms with van der Waals surface area (Å²) in [5, 5.41) is 11.2. The van der Waals surface area contributed by atoms with Crippen molar-refractivity contribution in [3.05, 3.63) is 47.9 Å². The lowest BCUT2D eigenvalue weighted by atomic mass is 10.1. The van der Waals surface area contributed by atoms with E-state index in [1.807, 2.05) is 0 Å². The Labute approximate surface area is 103 Å². The first-order valence-corrected chi connectivity index (χ1v) is 5.12. The second-order valence-electron chi connectivity index (χ2n) is 3.72. The van der Waals surface area contributed by atoms with Crippen LogP contribution in [-0.4, -0.2) is 23.0 Å². The molecule has 0 fully saturated rings. The lowest BCUT2D eigenvalue weighted by Crippen LogP contribution is -2.43. The lowest BCUT2D eigenvalue weighted by Gasteiger charge is -2.14. The Kier molecular flexibility index (Phi) is 4.42. The molecule has 0 aromatic heterocycles. The predicted molar refractivity (Wildman–Crippen MR) is 63.0 cm³/mol. The van der Waals surface area contributed by atoms with Crippen LogP contribution in [0.2, 0.25) is 0 Å². The first-order chi connectivity index (χ1) is 8.40. The quantitative estimate of drug-likeness (QED) is 0.662. The smallest absolute Gasteiger partial charge is 0.326 e. The van der Waals surface area contributed by atoms with Gasteiger partial charge in [-0.25, -0.2) is 9.18 Å². The van der Waals surface area contributed by atoms with Crippen molar-refractivity contribution < 1.29 is 19.1 Å². The molecular formula is C12H13FN2O3. The van der Waals surface area contributed by atoms with Crippen LogP contribution in [0.15, 0.2) is 36.5 Å². The number of carbonyl (C=O) groups excluding carboxylic acids is 1. The van der Waals surface area contributed by atoms with E-state index >= 15 is 0 Å². The van der Waals surface area contributed by atoms with Crippen molar-refractivity contribution in [3.8, 4) is 0 Å². The fourth-order valence-corrected chi connectivity index (χ4v) is 1.35. The van der Waals surface area contributed by atoms with Gasteiger partial charge in [0.15, 0.2) is 0 Å². The Morgan fingerprint density at radius 1 is 1.50 bits per heavy atom. The number of carbonyl (C=O) groups is 2. The van der Waals surface area contributed by atoms with Gasteiger partial charge in [0.1, 0.15) is 11.9 Å². The number of nitrogens with one attached hydrogen (secondary N) is 1. The minimum atomic E-state index is -1.23. The molecule has 5 nitrogen and oxygen atoms in total. The molecule has 1 atom stereocenters. The molecule has 6 heteroatoms. The Hall–Kier alpha value is -2.37. The third-order valence-corrected chi connectivity index (χ3v) is 2.22. The summed E-state index contributed by atoms with van der Waals surface area (Å²) in [7, 11) is 0. The third kappa shape index (κ3) is 3.89. The number of benzene rings is 1. The lowest BCUT2D eigenvalue weighted by molar-refractivity contribution is -0.141. The highest BCUT2D eigenvalue weighted by atomic mass is 19.1. The molecule has 1 aromatic carbocycles. The molecule has 0 aliphatic carbocycles. The van der Waals surface area contributed by atoms with Gasteiger partial charge in [-0.1, -0.05) is 18.7 Å². The minimum Gasteiger partial charge on any atom is -0.480 e. The van der Waals surface area contributed by atoms with Crippen LogP contribution in [0.4, 0.5) is 4.39 Å². The summed E-state index contributed by atoms with van der Waals surface area (Å²) in [6, 6.07) is 4.31. The maximum Gasteiger partial charge on any atom is 0.326 e. The summed E-state index contributed by atoms with van der Waals surface area (Å²) in [4.78, 5) is 22.2. The van der Waals surface area contributed by atoms with Crippen LogP contribution in [0.3, 0.4) is 0 Å². The van der Waals surface area contributed by atoms with Crippen molar-refractivity contribution >= 4 is 11.9 Å². The molecular weight excluding hydrogens is 239 g/mol. The Morgan fingerprint density at radius 3 is 2.67 bits per heavy atom. The number of halogens is 1. The molecule has 1 rings (SSSR count). The molecule has 0 aliphatic rings. The van der Waals surface area contributed by atoms with Gasteiger partial charge in [-0.2, -0.15) is 0 Å². The molecule has 4 N–H and O–H groups in total. The van der Waals surface area contributed by atoms with E-state index in [0.29, 0.717) is 5.56 Å². The molecule has 0 spiro atoms. The summed E-state index contributed by atoms with van der Waals surface area (Å²) >= 11 is 0. The summed E-state index contributed by atoms with van der Waals surface area (Å²) < 4.78 is 12.9. The fourth-order valence-electron chi connectivity index (χ4n) is 1.35. The molecule has 0 aliphatic heterocycles. The number of carboxylic acid groups (broad SMARTS) is 1. The van der Waals surface area contributed by atoms with E-state index in [-0.39, 0.29) is 12.1 Å². The van der Waals surface area contributed by atoms with E-state index in [9.17, 15) is 14.0 Å². The first-order valence-electron chi connectivity index (χ1n) is 5.12. The van der Waals surface area contributed by atoms with Crippen LogP contribution in [0, 0.1) is 5.82 Å². The maximum atomic E-state index is 12.9. The van der Waals surface area contributed by atoms with Gasteiger partial charge in [-0.05, 0) is 17.7 Å². The zero-order chi connectivity index (χ0) is 13.7. The van der Waals surface area contributed by atoms with Crippen molar-refractivity contribution in [1.82, 2.24) is 5.32 Å². The van der Waals surface area contributed by atoms with E-state index in [1.165, 1.54) is 18.2 Å². The summed E-state index contributed by atoms with van der Waals surface area (Å²) in [6.07, 6.45) is -0.0356. The highest BCUT2D eigenvalue weighted by Crippen LogP contribution is 2.07. The molecule has 1 aromatic rings. The summed E-state index contributed by atoms with van der Waals surface area (Å²) in [6.45, 7) is 3.20. The van der Waals surface area contributed by atoms with E-state index < -0.39 is 23.7 Å². The highest BCUT2D eigenvalue weighted by molar-refractivity contribution is 5.94. The van der Waals surface area contributed by atoms with Gasteiger partial charge in [0, 0.05) is 6.42 Å². The van der Waals surface area contributed by atoms with Crippen LogP contribution in [0.5, 0.6) is 0 Å². The number of carboxylic acids is 1. The van der Waals surface area contributed by atoms with E-state index in [1.54, 1.807) is 6.07 Å². The third-order valence-electron chi connectivity index (χ3n) is 2.22. The predicted octanol–water partition coefficient (Wildman–Crippen LogP) is 0.410. The Balaban J connectivity index is 2.78. The van der Waals surface area contributed by atoms with Crippen molar-refractivity contribution in [2.24, 2.45) is 5.73 Å². The van der Waals surface area contributed by atoms with E-state index in [2.05, 4.69) is 11.9 Å². The summed E-state index contributed by atoms with van der Waals surface area (Å²) in [5.74, 6) is -2.45. The van der Waals surface area contributed by atoms with Crippen LogP contribution in [0.1, 0.15) is 5.56 Å². The number of hydrogen-bond acceptors (Lipinski definition) is 3. The molecule has 0 unspecified atom stereocenters. The standard InChI is InChI=1S/C12H13FN2O3/c1-7(14)11(16)15-10(12(17)18)6-8-3-2-4-9(13)5-8/h2-5,10H,1,6,14H2,(H,15,16)(H,17,18)/t10-/m0/s1. The molecule has 1 amide bonds. The van der Waals surface area contributed by atoms with Gasteiger partial charge in [-0.15, -0.1) is 0 Å². The average Bonchev–Trinajstić information content (AvgIpc) is 2.27.